The molecule has 3 heterocycles. The highest BCUT2D eigenvalue weighted by atomic mass is 16.6. The SMILES string of the molecule is CC(C)(NC(=O)OC(=O)c1ccc(-n2ccc(N)nc2=O)cc1C(C)(C)C)C(=O)N1CCN(C(=O)Nc2ccn(-c3ccc(C=O)cc3)c(=O)n2)CC1. The Morgan fingerprint density at radius 3 is 1.98 bits per heavy atom. The largest absolute Gasteiger partial charge is 0.415 e. The molecule has 2 aromatic carbocycles. The van der Waals surface area contributed by atoms with Crippen molar-refractivity contribution in [3.05, 3.63) is 105 Å². The van der Waals surface area contributed by atoms with Gasteiger partial charge in [-0.25, -0.2) is 24.0 Å². The maximum atomic E-state index is 13.5. The Hall–Kier alpha value is -6.65. The first kappa shape index (κ1) is 37.6. The number of nitrogens with two attached hydrogens (primary N) is 1. The minimum Gasteiger partial charge on any atom is -0.383 e. The fourth-order valence-corrected chi connectivity index (χ4v) is 5.65. The van der Waals surface area contributed by atoms with Crippen LogP contribution < -0.4 is 27.7 Å². The summed E-state index contributed by atoms with van der Waals surface area (Å²) in [4.78, 5) is 99.1. The van der Waals surface area contributed by atoms with Crippen LogP contribution in [0.25, 0.3) is 11.4 Å². The molecule has 1 saturated heterocycles. The minimum atomic E-state index is -1.48. The normalized spacial score (nSPS) is 13.2. The lowest BCUT2D eigenvalue weighted by molar-refractivity contribution is -0.138. The molecule has 4 N–H and O–H groups in total. The summed E-state index contributed by atoms with van der Waals surface area (Å²) in [7, 11) is 0. The third-order valence-corrected chi connectivity index (χ3v) is 8.47. The Bertz CT molecular complexity index is 2200. The van der Waals surface area contributed by atoms with Crippen LogP contribution in [0.1, 0.15) is 60.9 Å². The number of amides is 4. The number of nitrogens with one attached hydrogen (secondary N) is 2. The summed E-state index contributed by atoms with van der Waals surface area (Å²) in [5, 5.41) is 5.06. The summed E-state index contributed by atoms with van der Waals surface area (Å²) in [6, 6.07) is 13.3. The van der Waals surface area contributed by atoms with E-state index in [0.717, 1.165) is 0 Å². The van der Waals surface area contributed by atoms with E-state index in [1.807, 2.05) is 20.8 Å². The number of carbonyl (C=O) groups is 5. The minimum absolute atomic E-state index is 0.0396. The van der Waals surface area contributed by atoms with Crippen LogP contribution in [0.4, 0.5) is 21.2 Å². The van der Waals surface area contributed by atoms with Crippen molar-refractivity contribution in [2.75, 3.05) is 37.2 Å². The topological polar surface area (TPSA) is 221 Å². The maximum absolute atomic E-state index is 13.5. The predicted molar refractivity (Wildman–Crippen MR) is 193 cm³/mol. The molecule has 0 saturated carbocycles. The number of aldehydes is 1. The van der Waals surface area contributed by atoms with E-state index in [0.29, 0.717) is 28.8 Å². The smallest absolute Gasteiger partial charge is 0.383 e. The molecule has 1 aliphatic rings. The van der Waals surface area contributed by atoms with E-state index in [9.17, 15) is 33.6 Å². The summed E-state index contributed by atoms with van der Waals surface area (Å²) < 4.78 is 7.66. The van der Waals surface area contributed by atoms with Crippen molar-refractivity contribution in [3.8, 4) is 11.4 Å². The Labute approximate surface area is 303 Å². The Morgan fingerprint density at radius 2 is 1.38 bits per heavy atom. The number of nitrogens with zero attached hydrogens (tertiary/aromatic N) is 6. The highest BCUT2D eigenvalue weighted by Gasteiger charge is 2.37. The molecule has 0 spiro atoms. The monoisotopic (exact) mass is 725 g/mol. The summed E-state index contributed by atoms with van der Waals surface area (Å²) in [5.74, 6) is -1.31. The zero-order chi connectivity index (χ0) is 38.7. The van der Waals surface area contributed by atoms with Crippen LogP contribution in [0, 0.1) is 0 Å². The van der Waals surface area contributed by atoms with Crippen molar-refractivity contribution in [1.82, 2.24) is 34.2 Å². The number of nitrogen functional groups attached to an aromatic ring is 1. The molecule has 0 aliphatic carbocycles. The molecule has 5 rings (SSSR count). The van der Waals surface area contributed by atoms with Crippen molar-refractivity contribution in [1.29, 1.82) is 0 Å². The number of ether oxygens (including phenoxy) is 1. The molecule has 0 bridgehead atoms. The van der Waals surface area contributed by atoms with Crippen molar-refractivity contribution < 1.29 is 28.7 Å². The number of rotatable bonds is 7. The average Bonchev–Trinajstić information content (AvgIpc) is 3.10. The Morgan fingerprint density at radius 1 is 0.792 bits per heavy atom. The zero-order valence-corrected chi connectivity index (χ0v) is 29.8. The molecule has 0 unspecified atom stereocenters. The van der Waals surface area contributed by atoms with Gasteiger partial charge in [0.05, 0.1) is 16.9 Å². The summed E-state index contributed by atoms with van der Waals surface area (Å²) in [5.41, 5.74) is 4.25. The molecule has 1 aliphatic heterocycles. The van der Waals surface area contributed by atoms with Gasteiger partial charge in [0.2, 0.25) is 5.91 Å². The Kier molecular flexibility index (Phi) is 10.6. The number of aromatic nitrogens is 4. The van der Waals surface area contributed by atoms with Crippen LogP contribution in [0.5, 0.6) is 0 Å². The molecule has 0 radical (unpaired) electrons. The number of hydrogen-bond acceptors (Lipinski definition) is 11. The van der Waals surface area contributed by atoms with E-state index in [4.69, 9.17) is 10.5 Å². The molecule has 17 nitrogen and oxygen atoms in total. The number of carbonyl (C=O) groups excluding carboxylic acids is 5. The number of anilines is 2. The highest BCUT2D eigenvalue weighted by Crippen LogP contribution is 2.29. The first-order valence-electron chi connectivity index (χ1n) is 16.5. The molecule has 53 heavy (non-hydrogen) atoms. The predicted octanol–water partition coefficient (Wildman–Crippen LogP) is 2.49. The standard InChI is InChI=1S/C36H39N9O8/c1-35(2,3)26-20-24(45-14-12-27(37)38-32(45)50)10-11-25(26)29(47)53-34(52)41-36(4,5)30(48)42-16-18-43(19-17-42)31(49)39-28-13-15-44(33(51)40-28)23-8-6-22(21-46)7-9-23/h6-15,20-21H,16-19H2,1-5H3,(H,41,52)(H2,37,38,50)(H,39,40,49,51). The Balaban J connectivity index is 1.16. The summed E-state index contributed by atoms with van der Waals surface area (Å²) >= 11 is 0. The van der Waals surface area contributed by atoms with E-state index in [2.05, 4.69) is 20.6 Å². The van der Waals surface area contributed by atoms with Gasteiger partial charge in [0.25, 0.3) is 0 Å². The van der Waals surface area contributed by atoms with Crippen LogP contribution in [0.3, 0.4) is 0 Å². The number of alkyl carbamates (subject to hydrolysis) is 1. The van der Waals surface area contributed by atoms with Crippen LogP contribution >= 0.6 is 0 Å². The van der Waals surface area contributed by atoms with Crippen LogP contribution in [0.2, 0.25) is 0 Å². The first-order chi connectivity index (χ1) is 25.0. The third kappa shape index (κ3) is 8.63. The van der Waals surface area contributed by atoms with Gasteiger partial charge in [-0.15, -0.1) is 0 Å². The lowest BCUT2D eigenvalue weighted by atomic mass is 9.83. The lowest BCUT2D eigenvalue weighted by Crippen LogP contribution is -2.60. The van der Waals surface area contributed by atoms with Crippen molar-refractivity contribution in [2.24, 2.45) is 0 Å². The highest BCUT2D eigenvalue weighted by molar-refractivity contribution is 5.99. The number of hydrogen-bond donors (Lipinski definition) is 3. The number of benzene rings is 2. The van der Waals surface area contributed by atoms with Gasteiger partial charge in [-0.3, -0.25) is 24.0 Å². The molecular weight excluding hydrogens is 686 g/mol. The first-order valence-corrected chi connectivity index (χ1v) is 16.5. The van der Waals surface area contributed by atoms with E-state index >= 15 is 0 Å². The lowest BCUT2D eigenvalue weighted by Gasteiger charge is -2.38. The zero-order valence-electron chi connectivity index (χ0n) is 29.8. The van der Waals surface area contributed by atoms with Gasteiger partial charge in [0.15, 0.2) is 0 Å². The van der Waals surface area contributed by atoms with Crippen LogP contribution in [-0.4, -0.2) is 90.9 Å². The third-order valence-electron chi connectivity index (χ3n) is 8.47. The quantitative estimate of drug-likeness (QED) is 0.143. The van der Waals surface area contributed by atoms with Crippen molar-refractivity contribution >= 4 is 41.9 Å². The maximum Gasteiger partial charge on any atom is 0.415 e. The van der Waals surface area contributed by atoms with Gasteiger partial charge in [0, 0.05) is 44.1 Å². The molecule has 276 valence electrons. The van der Waals surface area contributed by atoms with E-state index in [-0.39, 0.29) is 43.4 Å². The summed E-state index contributed by atoms with van der Waals surface area (Å²) in [6.07, 6.45) is 2.47. The number of urea groups is 1. The van der Waals surface area contributed by atoms with Gasteiger partial charge in [-0.1, -0.05) is 20.8 Å². The van der Waals surface area contributed by atoms with Gasteiger partial charge >= 0.3 is 29.5 Å². The fraction of sp³-hybridized carbons (Fsp3) is 0.306. The molecule has 17 heteroatoms. The number of esters is 1. The second kappa shape index (κ2) is 14.9. The van der Waals surface area contributed by atoms with Gasteiger partial charge < -0.3 is 25.6 Å². The molecule has 1 fully saturated rings. The van der Waals surface area contributed by atoms with E-state index in [1.165, 1.54) is 69.4 Å². The van der Waals surface area contributed by atoms with Gasteiger partial charge in [0.1, 0.15) is 23.5 Å². The van der Waals surface area contributed by atoms with Gasteiger partial charge in [-0.2, -0.15) is 9.97 Å². The molecule has 4 aromatic rings. The molecule has 2 aromatic heterocycles. The fourth-order valence-electron chi connectivity index (χ4n) is 5.65. The average molecular weight is 726 g/mol. The van der Waals surface area contributed by atoms with E-state index < -0.39 is 46.3 Å². The molecule has 0 atom stereocenters. The van der Waals surface area contributed by atoms with Gasteiger partial charge in [-0.05, 0) is 79.4 Å². The molecular formula is C36H39N9O8. The van der Waals surface area contributed by atoms with Crippen molar-refractivity contribution in [2.45, 2.75) is 45.6 Å². The summed E-state index contributed by atoms with van der Waals surface area (Å²) in [6.45, 7) is 9.10. The van der Waals surface area contributed by atoms with Crippen LogP contribution in [-0.2, 0) is 14.9 Å². The second-order valence-electron chi connectivity index (χ2n) is 13.8. The number of piperazine rings is 1. The second-order valence-corrected chi connectivity index (χ2v) is 13.8. The molecule has 4 amide bonds. The van der Waals surface area contributed by atoms with E-state index in [1.54, 1.807) is 30.3 Å². The van der Waals surface area contributed by atoms with Crippen molar-refractivity contribution in [3.63, 3.8) is 0 Å². The van der Waals surface area contributed by atoms with Crippen LogP contribution in [0.15, 0.2) is 76.6 Å².